The monoisotopic (exact) mass is 569 g/mol. The third kappa shape index (κ3) is 7.59. The van der Waals surface area contributed by atoms with Crippen LogP contribution in [0, 0.1) is 5.82 Å². The van der Waals surface area contributed by atoms with Crippen LogP contribution in [0.25, 0.3) is 0 Å². The van der Waals surface area contributed by atoms with Gasteiger partial charge in [0, 0.05) is 12.6 Å². The lowest BCUT2D eigenvalue weighted by Gasteiger charge is -2.33. The fourth-order valence-electron chi connectivity index (χ4n) is 4.15. The van der Waals surface area contributed by atoms with E-state index in [0.29, 0.717) is 18.6 Å². The van der Waals surface area contributed by atoms with Crippen LogP contribution in [0.1, 0.15) is 39.2 Å². The summed E-state index contributed by atoms with van der Waals surface area (Å²) in [5.74, 6) is -0.963. The van der Waals surface area contributed by atoms with Crippen molar-refractivity contribution in [3.8, 4) is 5.75 Å². The molecule has 0 aliphatic carbocycles. The van der Waals surface area contributed by atoms with Crippen molar-refractivity contribution in [2.24, 2.45) is 0 Å². The Kier molecular flexibility index (Phi) is 10.7. The standard InChI is InChI=1S/C30H36FN3O5S/c1-5-22(3)32-30(36)28(6-2)33(20-23-10-8-7-9-11-23)29(35)21-34(25-14-12-24(31)13-15-25)40(37,38)27-18-16-26(39-4)17-19-27/h7-19,22,28H,5-6,20-21H2,1-4H3,(H,32,36)/t22-,28+/m0/s1. The molecular formula is C30H36FN3O5S. The van der Waals surface area contributed by atoms with Crippen LogP contribution in [0.2, 0.25) is 0 Å². The first-order valence-corrected chi connectivity index (χ1v) is 14.6. The fourth-order valence-corrected chi connectivity index (χ4v) is 5.57. The van der Waals surface area contributed by atoms with E-state index < -0.39 is 34.3 Å². The van der Waals surface area contributed by atoms with Gasteiger partial charge in [-0.25, -0.2) is 12.8 Å². The molecule has 214 valence electrons. The molecule has 1 N–H and O–H groups in total. The molecule has 0 radical (unpaired) electrons. The molecule has 0 aliphatic heterocycles. The quantitative estimate of drug-likeness (QED) is 0.321. The lowest BCUT2D eigenvalue weighted by Crippen LogP contribution is -2.53. The second-order valence-corrected chi connectivity index (χ2v) is 11.3. The van der Waals surface area contributed by atoms with Crippen molar-refractivity contribution < 1.29 is 27.1 Å². The van der Waals surface area contributed by atoms with Crippen LogP contribution >= 0.6 is 0 Å². The van der Waals surface area contributed by atoms with Gasteiger partial charge in [0.05, 0.1) is 17.7 Å². The van der Waals surface area contributed by atoms with Crippen molar-refractivity contribution in [3.63, 3.8) is 0 Å². The van der Waals surface area contributed by atoms with Gasteiger partial charge in [-0.05, 0) is 73.9 Å². The largest absolute Gasteiger partial charge is 0.497 e. The van der Waals surface area contributed by atoms with Gasteiger partial charge in [-0.2, -0.15) is 0 Å². The molecule has 8 nitrogen and oxygen atoms in total. The third-order valence-corrected chi connectivity index (χ3v) is 8.41. The summed E-state index contributed by atoms with van der Waals surface area (Å²) in [7, 11) is -2.79. The highest BCUT2D eigenvalue weighted by Gasteiger charge is 2.34. The summed E-state index contributed by atoms with van der Waals surface area (Å²) in [5, 5.41) is 2.94. The number of nitrogens with zero attached hydrogens (tertiary/aromatic N) is 2. The van der Waals surface area contributed by atoms with E-state index in [9.17, 15) is 22.4 Å². The maximum absolute atomic E-state index is 14.0. The highest BCUT2D eigenvalue weighted by Crippen LogP contribution is 2.26. The Labute approximate surface area is 235 Å². The molecule has 0 heterocycles. The van der Waals surface area contributed by atoms with E-state index in [2.05, 4.69) is 5.32 Å². The minimum atomic E-state index is -4.26. The predicted octanol–water partition coefficient (Wildman–Crippen LogP) is 4.75. The first-order valence-electron chi connectivity index (χ1n) is 13.2. The zero-order valence-electron chi connectivity index (χ0n) is 23.2. The molecule has 2 amide bonds. The second kappa shape index (κ2) is 13.9. The van der Waals surface area contributed by atoms with Gasteiger partial charge in [0.2, 0.25) is 11.8 Å². The number of benzene rings is 3. The summed E-state index contributed by atoms with van der Waals surface area (Å²) >= 11 is 0. The number of hydrogen-bond acceptors (Lipinski definition) is 5. The number of halogens is 1. The molecule has 0 unspecified atom stereocenters. The van der Waals surface area contributed by atoms with Crippen molar-refractivity contribution in [2.75, 3.05) is 18.0 Å². The Morgan fingerprint density at radius 2 is 1.55 bits per heavy atom. The Bertz CT molecular complexity index is 1370. The Hall–Kier alpha value is -3.92. The number of rotatable bonds is 13. The van der Waals surface area contributed by atoms with Gasteiger partial charge < -0.3 is 15.0 Å². The van der Waals surface area contributed by atoms with Gasteiger partial charge in [-0.1, -0.05) is 44.2 Å². The number of ether oxygens (including phenoxy) is 1. The van der Waals surface area contributed by atoms with Crippen LogP contribution in [0.4, 0.5) is 10.1 Å². The fraction of sp³-hybridized carbons (Fsp3) is 0.333. The molecule has 40 heavy (non-hydrogen) atoms. The van der Waals surface area contributed by atoms with E-state index in [0.717, 1.165) is 22.0 Å². The minimum Gasteiger partial charge on any atom is -0.497 e. The molecular weight excluding hydrogens is 533 g/mol. The molecule has 3 aromatic carbocycles. The van der Waals surface area contributed by atoms with Gasteiger partial charge in [0.15, 0.2) is 0 Å². The number of amides is 2. The first-order chi connectivity index (χ1) is 19.1. The third-order valence-electron chi connectivity index (χ3n) is 6.62. The van der Waals surface area contributed by atoms with Crippen molar-refractivity contribution >= 4 is 27.5 Å². The van der Waals surface area contributed by atoms with Crippen molar-refractivity contribution in [2.45, 2.75) is 57.1 Å². The Morgan fingerprint density at radius 3 is 2.10 bits per heavy atom. The molecule has 0 aliphatic rings. The molecule has 0 aromatic heterocycles. The SMILES string of the molecule is CC[C@H](C(=O)N[C@@H](C)CC)N(Cc1ccccc1)C(=O)CN(c1ccc(F)cc1)S(=O)(=O)c1ccc(OC)cc1. The first kappa shape index (κ1) is 30.6. The number of hydrogen-bond donors (Lipinski definition) is 1. The number of methoxy groups -OCH3 is 1. The van der Waals surface area contributed by atoms with E-state index in [-0.39, 0.29) is 29.1 Å². The second-order valence-electron chi connectivity index (χ2n) is 9.41. The molecule has 3 aromatic rings. The molecule has 0 spiro atoms. The molecule has 0 bridgehead atoms. The molecule has 0 saturated carbocycles. The zero-order valence-corrected chi connectivity index (χ0v) is 24.0. The predicted molar refractivity (Wildman–Crippen MR) is 153 cm³/mol. The van der Waals surface area contributed by atoms with Crippen molar-refractivity contribution in [3.05, 3.63) is 90.2 Å². The van der Waals surface area contributed by atoms with E-state index in [4.69, 9.17) is 4.74 Å². The summed E-state index contributed by atoms with van der Waals surface area (Å²) in [6.07, 6.45) is 1.04. The maximum atomic E-state index is 14.0. The topological polar surface area (TPSA) is 96.0 Å². The molecule has 0 saturated heterocycles. The lowest BCUT2D eigenvalue weighted by molar-refractivity contribution is -0.140. The van der Waals surface area contributed by atoms with E-state index in [1.165, 1.54) is 48.4 Å². The number of carbonyl (C=O) groups excluding carboxylic acids is 2. The molecule has 0 fully saturated rings. The van der Waals surface area contributed by atoms with Crippen LogP contribution in [-0.2, 0) is 26.2 Å². The summed E-state index contributed by atoms with van der Waals surface area (Å²) in [6, 6.07) is 18.9. The van der Waals surface area contributed by atoms with E-state index >= 15 is 0 Å². The Morgan fingerprint density at radius 1 is 0.925 bits per heavy atom. The maximum Gasteiger partial charge on any atom is 0.264 e. The lowest BCUT2D eigenvalue weighted by atomic mass is 10.1. The smallest absolute Gasteiger partial charge is 0.264 e. The summed E-state index contributed by atoms with van der Waals surface area (Å²) < 4.78 is 47.5. The normalized spacial score (nSPS) is 12.7. The van der Waals surface area contributed by atoms with Crippen molar-refractivity contribution in [1.29, 1.82) is 0 Å². The van der Waals surface area contributed by atoms with Gasteiger partial charge >= 0.3 is 0 Å². The highest BCUT2D eigenvalue weighted by atomic mass is 32.2. The summed E-state index contributed by atoms with van der Waals surface area (Å²) in [6.45, 7) is 5.14. The Balaban J connectivity index is 2.04. The van der Waals surface area contributed by atoms with Gasteiger partial charge in [-0.15, -0.1) is 0 Å². The summed E-state index contributed by atoms with van der Waals surface area (Å²) in [4.78, 5) is 28.6. The van der Waals surface area contributed by atoms with Crippen LogP contribution in [-0.4, -0.2) is 50.9 Å². The van der Waals surface area contributed by atoms with Gasteiger partial charge in [0.25, 0.3) is 10.0 Å². The van der Waals surface area contributed by atoms with Gasteiger partial charge in [-0.3, -0.25) is 13.9 Å². The zero-order chi connectivity index (χ0) is 29.3. The number of anilines is 1. The van der Waals surface area contributed by atoms with Gasteiger partial charge in [0.1, 0.15) is 24.2 Å². The average molecular weight is 570 g/mol. The average Bonchev–Trinajstić information content (AvgIpc) is 2.96. The number of sulfonamides is 1. The molecule has 3 rings (SSSR count). The van der Waals surface area contributed by atoms with E-state index in [1.54, 1.807) is 6.92 Å². The van der Waals surface area contributed by atoms with Crippen molar-refractivity contribution in [1.82, 2.24) is 10.2 Å². The van der Waals surface area contributed by atoms with Crippen LogP contribution in [0.15, 0.2) is 83.8 Å². The highest BCUT2D eigenvalue weighted by molar-refractivity contribution is 7.92. The van der Waals surface area contributed by atoms with Crippen LogP contribution in [0.3, 0.4) is 0 Å². The molecule has 2 atom stereocenters. The van der Waals surface area contributed by atoms with Crippen LogP contribution < -0.4 is 14.4 Å². The summed E-state index contributed by atoms with van der Waals surface area (Å²) in [5.41, 5.74) is 0.902. The van der Waals surface area contributed by atoms with E-state index in [1.807, 2.05) is 44.2 Å². The number of carbonyl (C=O) groups is 2. The van der Waals surface area contributed by atoms with Crippen LogP contribution in [0.5, 0.6) is 5.75 Å². The minimum absolute atomic E-state index is 0.0680. The molecule has 10 heteroatoms. The number of nitrogens with one attached hydrogen (secondary N) is 1.